The van der Waals surface area contributed by atoms with Crippen molar-refractivity contribution in [3.63, 3.8) is 0 Å². The van der Waals surface area contributed by atoms with Crippen LogP contribution in [0.3, 0.4) is 0 Å². The van der Waals surface area contributed by atoms with Crippen LogP contribution in [0.15, 0.2) is 24.3 Å². The first-order valence-corrected chi connectivity index (χ1v) is 9.80. The van der Waals surface area contributed by atoms with Crippen LogP contribution >= 0.6 is 0 Å². The number of carbonyl (C=O) groups is 2. The zero-order valence-electron chi connectivity index (χ0n) is 16.2. The fourth-order valence-corrected chi connectivity index (χ4v) is 4.64. The lowest BCUT2D eigenvalue weighted by Gasteiger charge is -2.49. The highest BCUT2D eigenvalue weighted by atomic mass is 16.2. The lowest BCUT2D eigenvalue weighted by Crippen LogP contribution is -2.62. The predicted octanol–water partition coefficient (Wildman–Crippen LogP) is 1.83. The highest BCUT2D eigenvalue weighted by molar-refractivity contribution is 5.90. The lowest BCUT2D eigenvalue weighted by molar-refractivity contribution is -0.136. The van der Waals surface area contributed by atoms with Crippen molar-refractivity contribution >= 4 is 22.7 Å². The van der Waals surface area contributed by atoms with Gasteiger partial charge in [-0.25, -0.2) is 0 Å². The van der Waals surface area contributed by atoms with Crippen molar-refractivity contribution in [2.45, 2.75) is 38.1 Å². The summed E-state index contributed by atoms with van der Waals surface area (Å²) in [5, 5.41) is 4.11. The van der Waals surface area contributed by atoms with Crippen LogP contribution in [-0.2, 0) is 16.0 Å². The topological polar surface area (TPSA) is 68.4 Å². The molecule has 2 saturated heterocycles. The number of nitrogens with zero attached hydrogens (tertiary/aromatic N) is 2. The predicted molar refractivity (Wildman–Crippen MR) is 106 cm³/mol. The summed E-state index contributed by atoms with van der Waals surface area (Å²) < 4.78 is 0. The summed E-state index contributed by atoms with van der Waals surface area (Å²) in [6, 6.07) is 8.16. The summed E-state index contributed by atoms with van der Waals surface area (Å²) in [5.41, 5.74) is 3.16. The van der Waals surface area contributed by atoms with Crippen molar-refractivity contribution in [1.29, 1.82) is 0 Å². The maximum absolute atomic E-state index is 13.2. The fourth-order valence-electron chi connectivity index (χ4n) is 4.64. The Morgan fingerprint density at radius 3 is 2.89 bits per heavy atom. The number of likely N-dealkylation sites (N-methyl/N-ethyl adjacent to an activating group) is 1. The van der Waals surface area contributed by atoms with E-state index in [1.54, 1.807) is 0 Å². The van der Waals surface area contributed by atoms with Gasteiger partial charge in [-0.3, -0.25) is 14.5 Å². The van der Waals surface area contributed by atoms with E-state index in [1.165, 1.54) is 0 Å². The number of piperazine rings is 1. The van der Waals surface area contributed by atoms with E-state index in [0.29, 0.717) is 25.9 Å². The van der Waals surface area contributed by atoms with E-state index in [0.717, 1.165) is 48.1 Å². The summed E-state index contributed by atoms with van der Waals surface area (Å²) in [4.78, 5) is 32.7. The van der Waals surface area contributed by atoms with Gasteiger partial charge in [0.1, 0.15) is 0 Å². The fraction of sp³-hybridized carbons (Fsp3) is 0.524. The van der Waals surface area contributed by atoms with E-state index in [2.05, 4.69) is 34.4 Å². The maximum atomic E-state index is 13.2. The molecule has 6 nitrogen and oxygen atoms in total. The molecule has 1 atom stereocenters. The Bertz CT molecular complexity index is 874. The van der Waals surface area contributed by atoms with E-state index in [-0.39, 0.29) is 17.4 Å². The summed E-state index contributed by atoms with van der Waals surface area (Å²) in [6.45, 7) is 5.04. The van der Waals surface area contributed by atoms with Crippen LogP contribution in [0, 0.1) is 6.92 Å². The SMILES string of the molecule is Cc1[nH]c2ccccc2c1CC(=O)N1CCN(C)[C@@]2(CCNC(=O)CC2)C1. The van der Waals surface area contributed by atoms with Gasteiger partial charge in [0.2, 0.25) is 11.8 Å². The molecule has 144 valence electrons. The van der Waals surface area contributed by atoms with E-state index in [9.17, 15) is 9.59 Å². The molecule has 2 aliphatic rings. The Morgan fingerprint density at radius 1 is 1.22 bits per heavy atom. The molecular weight excluding hydrogens is 340 g/mol. The number of aryl methyl sites for hydroxylation is 1. The summed E-state index contributed by atoms with van der Waals surface area (Å²) in [7, 11) is 2.13. The number of hydrogen-bond acceptors (Lipinski definition) is 3. The summed E-state index contributed by atoms with van der Waals surface area (Å²) >= 11 is 0. The van der Waals surface area contributed by atoms with Gasteiger partial charge < -0.3 is 15.2 Å². The number of nitrogens with one attached hydrogen (secondary N) is 2. The van der Waals surface area contributed by atoms with Crippen LogP contribution in [0.2, 0.25) is 0 Å². The average molecular weight is 368 g/mol. The molecule has 1 aromatic carbocycles. The van der Waals surface area contributed by atoms with Gasteiger partial charge in [0, 0.05) is 54.7 Å². The van der Waals surface area contributed by atoms with E-state index >= 15 is 0 Å². The normalized spacial score (nSPS) is 24.2. The molecule has 0 bridgehead atoms. The van der Waals surface area contributed by atoms with Gasteiger partial charge in [-0.15, -0.1) is 0 Å². The molecule has 27 heavy (non-hydrogen) atoms. The van der Waals surface area contributed by atoms with Crippen molar-refractivity contribution in [2.75, 3.05) is 33.2 Å². The first kappa shape index (κ1) is 18.0. The van der Waals surface area contributed by atoms with Crippen molar-refractivity contribution in [1.82, 2.24) is 20.1 Å². The Kier molecular flexibility index (Phi) is 4.68. The number of amides is 2. The third kappa shape index (κ3) is 3.34. The molecule has 0 saturated carbocycles. The van der Waals surface area contributed by atoms with Gasteiger partial charge >= 0.3 is 0 Å². The van der Waals surface area contributed by atoms with E-state index < -0.39 is 0 Å². The Morgan fingerprint density at radius 2 is 2.04 bits per heavy atom. The molecule has 2 N–H and O–H groups in total. The molecule has 0 unspecified atom stereocenters. The number of para-hydroxylation sites is 1. The third-order valence-electron chi connectivity index (χ3n) is 6.44. The maximum Gasteiger partial charge on any atom is 0.227 e. The molecule has 0 aliphatic carbocycles. The molecule has 2 aliphatic heterocycles. The number of aromatic nitrogens is 1. The Balaban J connectivity index is 1.53. The van der Waals surface area contributed by atoms with E-state index in [4.69, 9.17) is 0 Å². The van der Waals surface area contributed by atoms with Crippen molar-refractivity contribution in [2.24, 2.45) is 0 Å². The molecule has 0 radical (unpaired) electrons. The second kappa shape index (κ2) is 7.00. The van der Waals surface area contributed by atoms with Gasteiger partial charge in [0.25, 0.3) is 0 Å². The van der Waals surface area contributed by atoms with E-state index in [1.807, 2.05) is 24.0 Å². The largest absolute Gasteiger partial charge is 0.358 e. The van der Waals surface area contributed by atoms with Crippen LogP contribution in [0.4, 0.5) is 0 Å². The van der Waals surface area contributed by atoms with Crippen LogP contribution < -0.4 is 5.32 Å². The number of benzene rings is 1. The molecule has 2 aromatic rings. The Hall–Kier alpha value is -2.34. The number of rotatable bonds is 2. The van der Waals surface area contributed by atoms with Crippen LogP contribution in [-0.4, -0.2) is 65.4 Å². The van der Waals surface area contributed by atoms with Gasteiger partial charge in [0.15, 0.2) is 0 Å². The lowest BCUT2D eigenvalue weighted by atomic mass is 9.86. The number of carbonyl (C=O) groups excluding carboxylic acids is 2. The van der Waals surface area contributed by atoms with Crippen LogP contribution in [0.5, 0.6) is 0 Å². The molecule has 4 rings (SSSR count). The molecule has 2 fully saturated rings. The van der Waals surface area contributed by atoms with Crippen LogP contribution in [0.1, 0.15) is 30.5 Å². The van der Waals surface area contributed by atoms with Crippen molar-refractivity contribution in [3.05, 3.63) is 35.5 Å². The monoisotopic (exact) mass is 368 g/mol. The second-order valence-corrected chi connectivity index (χ2v) is 8.01. The number of aromatic amines is 1. The van der Waals surface area contributed by atoms with Gasteiger partial charge in [-0.1, -0.05) is 18.2 Å². The molecular formula is C21H28N4O2. The number of fused-ring (bicyclic) bond motifs is 1. The Labute approximate surface area is 159 Å². The first-order chi connectivity index (χ1) is 13.0. The first-order valence-electron chi connectivity index (χ1n) is 9.80. The van der Waals surface area contributed by atoms with Gasteiger partial charge in [0.05, 0.1) is 6.42 Å². The average Bonchev–Trinajstić information content (AvgIpc) is 2.84. The zero-order valence-corrected chi connectivity index (χ0v) is 16.2. The molecule has 2 amide bonds. The van der Waals surface area contributed by atoms with Crippen molar-refractivity contribution < 1.29 is 9.59 Å². The summed E-state index contributed by atoms with van der Waals surface area (Å²) in [6.07, 6.45) is 2.66. The third-order valence-corrected chi connectivity index (χ3v) is 6.44. The van der Waals surface area contributed by atoms with Crippen LogP contribution in [0.25, 0.3) is 10.9 Å². The van der Waals surface area contributed by atoms with Crippen molar-refractivity contribution in [3.8, 4) is 0 Å². The minimum atomic E-state index is -0.0949. The molecule has 3 heterocycles. The van der Waals surface area contributed by atoms with Gasteiger partial charge in [-0.05, 0) is 38.4 Å². The molecule has 1 spiro atoms. The highest BCUT2D eigenvalue weighted by Gasteiger charge is 2.42. The number of H-pyrrole nitrogens is 1. The molecule has 1 aromatic heterocycles. The smallest absolute Gasteiger partial charge is 0.227 e. The van der Waals surface area contributed by atoms with Gasteiger partial charge in [-0.2, -0.15) is 0 Å². The summed E-state index contributed by atoms with van der Waals surface area (Å²) in [5.74, 6) is 0.303. The molecule has 6 heteroatoms. The minimum absolute atomic E-state index is 0.0949. The minimum Gasteiger partial charge on any atom is -0.358 e. The zero-order chi connectivity index (χ0) is 19.0. The highest BCUT2D eigenvalue weighted by Crippen LogP contribution is 2.31. The number of hydrogen-bond donors (Lipinski definition) is 2. The quantitative estimate of drug-likeness (QED) is 0.850. The second-order valence-electron chi connectivity index (χ2n) is 8.01. The standard InChI is InChI=1S/C21H28N4O2/c1-15-17(16-5-3-4-6-18(16)23-15)13-20(27)25-12-11-24(2)21(14-25)8-7-19(26)22-10-9-21/h3-6,23H,7-14H2,1-2H3,(H,22,26)/t21-/m0/s1.